The zero-order valence-electron chi connectivity index (χ0n) is 6.18. The van der Waals surface area contributed by atoms with Crippen LogP contribution in [0.2, 0.25) is 0 Å². The average Bonchev–Trinajstić information content (AvgIpc) is 2.41. The van der Waals surface area contributed by atoms with Crippen molar-refractivity contribution in [2.75, 3.05) is 0 Å². The first kappa shape index (κ1) is 5.72. The molecular weight excluding hydrogens is 112 g/mol. The molecule has 1 saturated heterocycles. The second-order valence-corrected chi connectivity index (χ2v) is 3.80. The molecule has 0 radical (unpaired) electrons. The van der Waals surface area contributed by atoms with Gasteiger partial charge in [-0.2, -0.15) is 0 Å². The molecule has 2 aliphatic rings. The fourth-order valence-electron chi connectivity index (χ4n) is 1.82. The molecule has 52 valence electrons. The van der Waals surface area contributed by atoms with Crippen LogP contribution in [0.15, 0.2) is 0 Å². The van der Waals surface area contributed by atoms with E-state index in [4.69, 9.17) is 4.74 Å². The zero-order chi connectivity index (χ0) is 6.48. The first-order valence-corrected chi connectivity index (χ1v) is 3.88. The van der Waals surface area contributed by atoms with Crippen molar-refractivity contribution in [2.24, 2.45) is 5.92 Å². The topological polar surface area (TPSA) is 12.5 Å². The van der Waals surface area contributed by atoms with Crippen molar-refractivity contribution in [3.05, 3.63) is 0 Å². The van der Waals surface area contributed by atoms with Gasteiger partial charge in [-0.3, -0.25) is 0 Å². The van der Waals surface area contributed by atoms with Crippen LogP contribution >= 0.6 is 0 Å². The smallest absolute Gasteiger partial charge is 0.0920 e. The molecule has 0 N–H and O–H groups in total. The summed E-state index contributed by atoms with van der Waals surface area (Å²) in [6.07, 6.45) is 4.59. The highest BCUT2D eigenvalue weighted by molar-refractivity contribution is 5.02. The summed E-state index contributed by atoms with van der Waals surface area (Å²) in [5.74, 6) is 0.908. The Morgan fingerprint density at radius 1 is 1.56 bits per heavy atom. The monoisotopic (exact) mass is 126 g/mol. The van der Waals surface area contributed by atoms with Crippen LogP contribution in [0.1, 0.15) is 33.1 Å². The third-order valence-corrected chi connectivity index (χ3v) is 2.79. The molecule has 0 bridgehead atoms. The van der Waals surface area contributed by atoms with E-state index in [2.05, 4.69) is 13.8 Å². The van der Waals surface area contributed by atoms with Crippen LogP contribution in [-0.2, 0) is 4.74 Å². The number of rotatable bonds is 0. The van der Waals surface area contributed by atoms with E-state index in [0.29, 0.717) is 11.7 Å². The van der Waals surface area contributed by atoms with Crippen LogP contribution in [0.4, 0.5) is 0 Å². The van der Waals surface area contributed by atoms with Crippen LogP contribution < -0.4 is 0 Å². The predicted octanol–water partition coefficient (Wildman–Crippen LogP) is 1.96. The van der Waals surface area contributed by atoms with Gasteiger partial charge in [0.1, 0.15) is 0 Å². The Morgan fingerprint density at radius 3 is 2.89 bits per heavy atom. The summed E-state index contributed by atoms with van der Waals surface area (Å²) in [5, 5.41) is 0. The summed E-state index contributed by atoms with van der Waals surface area (Å²) >= 11 is 0. The molecule has 1 nitrogen and oxygen atoms in total. The SMILES string of the molecule is C[C@@H]1CC[C@@]2(C)O[C@H]2C1. The first-order chi connectivity index (χ1) is 4.21. The van der Waals surface area contributed by atoms with Crippen molar-refractivity contribution in [1.82, 2.24) is 0 Å². The standard InChI is InChI=1S/C8H14O/c1-6-3-4-8(2)7(5-6)9-8/h6-7H,3-5H2,1-2H3/t6-,7+,8-/m1/s1. The van der Waals surface area contributed by atoms with Crippen molar-refractivity contribution in [1.29, 1.82) is 0 Å². The molecule has 1 heterocycles. The summed E-state index contributed by atoms with van der Waals surface area (Å²) in [7, 11) is 0. The minimum absolute atomic E-state index is 0.326. The first-order valence-electron chi connectivity index (χ1n) is 3.88. The van der Waals surface area contributed by atoms with Crippen molar-refractivity contribution in [3.8, 4) is 0 Å². The third kappa shape index (κ3) is 0.787. The Bertz CT molecular complexity index is 133. The Kier molecular flexibility index (Phi) is 0.963. The van der Waals surface area contributed by atoms with E-state index in [1.165, 1.54) is 19.3 Å². The second-order valence-electron chi connectivity index (χ2n) is 3.80. The zero-order valence-corrected chi connectivity index (χ0v) is 6.18. The van der Waals surface area contributed by atoms with Crippen LogP contribution in [0, 0.1) is 5.92 Å². The molecule has 3 atom stereocenters. The summed E-state index contributed by atoms with van der Waals surface area (Å²) in [6.45, 7) is 4.56. The molecule has 1 heteroatoms. The van der Waals surface area contributed by atoms with E-state index in [1.54, 1.807) is 0 Å². The molecule has 0 unspecified atom stereocenters. The quantitative estimate of drug-likeness (QED) is 0.452. The van der Waals surface area contributed by atoms with Gasteiger partial charge in [0.2, 0.25) is 0 Å². The molecule has 2 fully saturated rings. The highest BCUT2D eigenvalue weighted by atomic mass is 16.6. The van der Waals surface area contributed by atoms with Gasteiger partial charge in [0.25, 0.3) is 0 Å². The summed E-state index contributed by atoms with van der Waals surface area (Å²) in [4.78, 5) is 0. The maximum atomic E-state index is 5.54. The normalized spacial score (nSPS) is 56.7. The largest absolute Gasteiger partial charge is 0.366 e. The van der Waals surface area contributed by atoms with E-state index >= 15 is 0 Å². The van der Waals surface area contributed by atoms with Crippen LogP contribution in [0.25, 0.3) is 0 Å². The lowest BCUT2D eigenvalue weighted by molar-refractivity contribution is 0.302. The Labute approximate surface area is 56.4 Å². The number of fused-ring (bicyclic) bond motifs is 1. The molecule has 0 spiro atoms. The average molecular weight is 126 g/mol. The molecule has 0 aromatic rings. The number of hydrogen-bond acceptors (Lipinski definition) is 1. The van der Waals surface area contributed by atoms with Gasteiger partial charge < -0.3 is 4.74 Å². The van der Waals surface area contributed by atoms with Gasteiger partial charge in [-0.1, -0.05) is 6.92 Å². The third-order valence-electron chi connectivity index (χ3n) is 2.79. The summed E-state index contributed by atoms with van der Waals surface area (Å²) < 4.78 is 5.54. The van der Waals surface area contributed by atoms with Crippen LogP contribution in [0.3, 0.4) is 0 Å². The van der Waals surface area contributed by atoms with Gasteiger partial charge in [0.05, 0.1) is 11.7 Å². The molecule has 1 saturated carbocycles. The van der Waals surface area contributed by atoms with Gasteiger partial charge in [-0.15, -0.1) is 0 Å². The van der Waals surface area contributed by atoms with Crippen molar-refractivity contribution in [3.63, 3.8) is 0 Å². The van der Waals surface area contributed by atoms with Gasteiger partial charge in [-0.05, 0) is 32.1 Å². The molecule has 9 heavy (non-hydrogen) atoms. The summed E-state index contributed by atoms with van der Waals surface area (Å²) in [5.41, 5.74) is 0.326. The lowest BCUT2D eigenvalue weighted by atomic mass is 9.84. The van der Waals surface area contributed by atoms with Gasteiger partial charge >= 0.3 is 0 Å². The molecular formula is C8H14O. The van der Waals surface area contributed by atoms with Gasteiger partial charge in [-0.25, -0.2) is 0 Å². The Morgan fingerprint density at radius 2 is 2.33 bits per heavy atom. The minimum Gasteiger partial charge on any atom is -0.366 e. The molecule has 0 aromatic heterocycles. The minimum atomic E-state index is 0.326. The fourth-order valence-corrected chi connectivity index (χ4v) is 1.82. The lowest BCUT2D eigenvalue weighted by Gasteiger charge is -2.17. The highest BCUT2D eigenvalue weighted by Gasteiger charge is 2.54. The van der Waals surface area contributed by atoms with Crippen molar-refractivity contribution < 1.29 is 4.74 Å². The van der Waals surface area contributed by atoms with Gasteiger partial charge in [0, 0.05) is 0 Å². The molecule has 0 amide bonds. The van der Waals surface area contributed by atoms with E-state index < -0.39 is 0 Å². The Balaban J connectivity index is 2.01. The number of ether oxygens (including phenoxy) is 1. The second kappa shape index (κ2) is 1.51. The van der Waals surface area contributed by atoms with Crippen LogP contribution in [-0.4, -0.2) is 11.7 Å². The van der Waals surface area contributed by atoms with Crippen molar-refractivity contribution in [2.45, 2.75) is 44.8 Å². The number of hydrogen-bond donors (Lipinski definition) is 0. The highest BCUT2D eigenvalue weighted by Crippen LogP contribution is 2.48. The molecule has 0 aromatic carbocycles. The number of epoxide rings is 1. The van der Waals surface area contributed by atoms with E-state index in [1.807, 2.05) is 0 Å². The predicted molar refractivity (Wildman–Crippen MR) is 36.3 cm³/mol. The van der Waals surface area contributed by atoms with Gasteiger partial charge in [0.15, 0.2) is 0 Å². The summed E-state index contributed by atoms with van der Waals surface area (Å²) in [6, 6.07) is 0. The molecule has 2 rings (SSSR count). The van der Waals surface area contributed by atoms with Crippen molar-refractivity contribution >= 4 is 0 Å². The van der Waals surface area contributed by atoms with E-state index in [0.717, 1.165) is 5.92 Å². The maximum Gasteiger partial charge on any atom is 0.0920 e. The van der Waals surface area contributed by atoms with E-state index in [-0.39, 0.29) is 0 Å². The fraction of sp³-hybridized carbons (Fsp3) is 1.00. The molecule has 1 aliphatic heterocycles. The maximum absolute atomic E-state index is 5.54. The molecule has 1 aliphatic carbocycles. The lowest BCUT2D eigenvalue weighted by Crippen LogP contribution is -2.19. The Hall–Kier alpha value is -0.0400. The van der Waals surface area contributed by atoms with Crippen LogP contribution in [0.5, 0.6) is 0 Å². The van der Waals surface area contributed by atoms with E-state index in [9.17, 15) is 0 Å².